The van der Waals surface area contributed by atoms with Crippen LogP contribution in [0.4, 0.5) is 0 Å². The molecule has 17 heavy (non-hydrogen) atoms. The van der Waals surface area contributed by atoms with Crippen molar-refractivity contribution in [2.75, 3.05) is 0 Å². The lowest BCUT2D eigenvalue weighted by molar-refractivity contribution is 0.943. The summed E-state index contributed by atoms with van der Waals surface area (Å²) >= 11 is 13.2. The van der Waals surface area contributed by atoms with Crippen molar-refractivity contribution in [1.29, 1.82) is 0 Å². The molecule has 2 rings (SSSR count). The molecule has 0 amide bonds. The molecule has 0 aliphatic heterocycles. The molecule has 0 bridgehead atoms. The third-order valence-electron chi connectivity index (χ3n) is 2.57. The van der Waals surface area contributed by atoms with Gasteiger partial charge in [-0.1, -0.05) is 73.8 Å². The first-order valence-corrected chi connectivity index (χ1v) is 7.38. The second-order valence-corrected chi connectivity index (χ2v) is 6.22. The Kier molecular flexibility index (Phi) is 4.66. The molecule has 0 fully saturated rings. The highest BCUT2D eigenvalue weighted by Gasteiger charge is 2.11. The first kappa shape index (κ1) is 13.1. The predicted octanol–water partition coefficient (Wildman–Crippen LogP) is 5.78. The maximum absolute atomic E-state index is 5.87. The number of benzene rings is 2. The van der Waals surface area contributed by atoms with Crippen molar-refractivity contribution in [2.24, 2.45) is 0 Å². The fourth-order valence-electron chi connectivity index (χ4n) is 1.67. The SMILES string of the molecule is Clc1ccc(CC(Br)c2ccccc2Br)cc1. The van der Waals surface area contributed by atoms with Gasteiger partial charge in [-0.3, -0.25) is 0 Å². The van der Waals surface area contributed by atoms with E-state index in [9.17, 15) is 0 Å². The topological polar surface area (TPSA) is 0 Å². The van der Waals surface area contributed by atoms with Gasteiger partial charge in [0.1, 0.15) is 0 Å². The third kappa shape index (κ3) is 3.57. The Morgan fingerprint density at radius 3 is 2.29 bits per heavy atom. The summed E-state index contributed by atoms with van der Waals surface area (Å²) in [6.45, 7) is 0. The molecule has 0 radical (unpaired) electrons. The van der Waals surface area contributed by atoms with Gasteiger partial charge in [-0.25, -0.2) is 0 Å². The molecule has 0 heterocycles. The summed E-state index contributed by atoms with van der Waals surface area (Å²) in [6.07, 6.45) is 0.944. The van der Waals surface area contributed by atoms with Crippen molar-refractivity contribution < 1.29 is 0 Å². The van der Waals surface area contributed by atoms with E-state index in [2.05, 4.69) is 62.2 Å². The zero-order valence-corrected chi connectivity index (χ0v) is 13.0. The molecule has 0 saturated carbocycles. The molecule has 0 aliphatic rings. The molecule has 0 aliphatic carbocycles. The van der Waals surface area contributed by atoms with E-state index in [0.717, 1.165) is 15.9 Å². The molecule has 3 heteroatoms. The maximum atomic E-state index is 5.87. The van der Waals surface area contributed by atoms with E-state index >= 15 is 0 Å². The van der Waals surface area contributed by atoms with Gasteiger partial charge in [0.2, 0.25) is 0 Å². The summed E-state index contributed by atoms with van der Waals surface area (Å²) in [5.41, 5.74) is 2.54. The molecule has 1 unspecified atom stereocenters. The van der Waals surface area contributed by atoms with Gasteiger partial charge in [0.15, 0.2) is 0 Å². The third-order valence-corrected chi connectivity index (χ3v) is 4.36. The summed E-state index contributed by atoms with van der Waals surface area (Å²) in [6, 6.07) is 16.2. The van der Waals surface area contributed by atoms with Crippen LogP contribution in [0.3, 0.4) is 0 Å². The van der Waals surface area contributed by atoms with Crippen molar-refractivity contribution in [3.63, 3.8) is 0 Å². The van der Waals surface area contributed by atoms with E-state index in [1.165, 1.54) is 11.1 Å². The van der Waals surface area contributed by atoms with Crippen molar-refractivity contribution >= 4 is 43.5 Å². The Hall–Kier alpha value is -0.310. The zero-order chi connectivity index (χ0) is 12.3. The van der Waals surface area contributed by atoms with Gasteiger partial charge >= 0.3 is 0 Å². The lowest BCUT2D eigenvalue weighted by Gasteiger charge is -2.12. The summed E-state index contributed by atoms with van der Waals surface area (Å²) in [5.74, 6) is 0. The monoisotopic (exact) mass is 372 g/mol. The molecule has 0 spiro atoms. The molecule has 0 nitrogen and oxygen atoms in total. The number of hydrogen-bond donors (Lipinski definition) is 0. The van der Waals surface area contributed by atoms with Gasteiger partial charge in [0.05, 0.1) is 0 Å². The molecule has 0 saturated heterocycles. The average molecular weight is 375 g/mol. The normalized spacial score (nSPS) is 12.4. The Bertz CT molecular complexity index is 494. The van der Waals surface area contributed by atoms with Crippen LogP contribution in [-0.2, 0) is 6.42 Å². The Labute approximate surface area is 123 Å². The molecule has 1 atom stereocenters. The van der Waals surface area contributed by atoms with Gasteiger partial charge in [-0.2, -0.15) is 0 Å². The van der Waals surface area contributed by atoms with Gasteiger partial charge in [-0.05, 0) is 35.7 Å². The summed E-state index contributed by atoms with van der Waals surface area (Å²) < 4.78 is 1.14. The molecular weight excluding hydrogens is 363 g/mol. The highest BCUT2D eigenvalue weighted by atomic mass is 79.9. The number of hydrogen-bond acceptors (Lipinski definition) is 0. The van der Waals surface area contributed by atoms with Crippen LogP contribution in [0.15, 0.2) is 53.0 Å². The van der Waals surface area contributed by atoms with Crippen LogP contribution in [0.25, 0.3) is 0 Å². The maximum Gasteiger partial charge on any atom is 0.0446 e. The van der Waals surface area contributed by atoms with E-state index in [1.54, 1.807) is 0 Å². The number of rotatable bonds is 3. The second kappa shape index (κ2) is 6.03. The van der Waals surface area contributed by atoms with Crippen LogP contribution in [0, 0.1) is 0 Å². The first-order valence-electron chi connectivity index (χ1n) is 5.30. The van der Waals surface area contributed by atoms with Crippen LogP contribution in [-0.4, -0.2) is 0 Å². The quantitative estimate of drug-likeness (QED) is 0.597. The van der Waals surface area contributed by atoms with Crippen LogP contribution in [0.2, 0.25) is 5.02 Å². The number of alkyl halides is 1. The van der Waals surface area contributed by atoms with Crippen molar-refractivity contribution in [3.8, 4) is 0 Å². The Morgan fingerprint density at radius 1 is 1.00 bits per heavy atom. The van der Waals surface area contributed by atoms with Crippen LogP contribution in [0.1, 0.15) is 16.0 Å². The molecule has 2 aromatic rings. The minimum Gasteiger partial charge on any atom is -0.0843 e. The predicted molar refractivity (Wildman–Crippen MR) is 81.0 cm³/mol. The molecule has 0 N–H and O–H groups in total. The van der Waals surface area contributed by atoms with Gasteiger partial charge in [0, 0.05) is 14.3 Å². The highest BCUT2D eigenvalue weighted by molar-refractivity contribution is 9.11. The summed E-state index contributed by atoms with van der Waals surface area (Å²) in [7, 11) is 0. The van der Waals surface area contributed by atoms with Gasteiger partial charge in [0.25, 0.3) is 0 Å². The Morgan fingerprint density at radius 2 is 1.65 bits per heavy atom. The number of halogens is 3. The van der Waals surface area contributed by atoms with E-state index < -0.39 is 0 Å². The summed E-state index contributed by atoms with van der Waals surface area (Å²) in [4.78, 5) is 0.305. The van der Waals surface area contributed by atoms with Crippen LogP contribution in [0.5, 0.6) is 0 Å². The van der Waals surface area contributed by atoms with Crippen LogP contribution >= 0.6 is 43.5 Å². The van der Waals surface area contributed by atoms with Gasteiger partial charge in [-0.15, -0.1) is 0 Å². The lowest BCUT2D eigenvalue weighted by atomic mass is 10.0. The molecule has 2 aromatic carbocycles. The fraction of sp³-hybridized carbons (Fsp3) is 0.143. The van der Waals surface area contributed by atoms with Gasteiger partial charge < -0.3 is 0 Å². The average Bonchev–Trinajstić information content (AvgIpc) is 2.32. The van der Waals surface area contributed by atoms with Crippen molar-refractivity contribution in [1.82, 2.24) is 0 Å². The van der Waals surface area contributed by atoms with Crippen LogP contribution < -0.4 is 0 Å². The Balaban J connectivity index is 2.14. The molecule has 0 aromatic heterocycles. The first-order chi connectivity index (χ1) is 8.16. The zero-order valence-electron chi connectivity index (χ0n) is 9.04. The second-order valence-electron chi connectivity index (χ2n) is 3.82. The van der Waals surface area contributed by atoms with Crippen molar-refractivity contribution in [2.45, 2.75) is 11.2 Å². The lowest BCUT2D eigenvalue weighted by Crippen LogP contribution is -1.96. The summed E-state index contributed by atoms with van der Waals surface area (Å²) in [5, 5.41) is 0.778. The highest BCUT2D eigenvalue weighted by Crippen LogP contribution is 2.32. The largest absolute Gasteiger partial charge is 0.0843 e. The smallest absolute Gasteiger partial charge is 0.0446 e. The van der Waals surface area contributed by atoms with E-state index in [1.807, 2.05) is 18.2 Å². The standard InChI is InChI=1S/C14H11Br2Cl/c15-13-4-2-1-3-12(13)14(16)9-10-5-7-11(17)8-6-10/h1-8,14H,9H2. The fourth-order valence-corrected chi connectivity index (χ4v) is 3.43. The minimum atomic E-state index is 0.305. The van der Waals surface area contributed by atoms with E-state index in [0.29, 0.717) is 4.83 Å². The minimum absolute atomic E-state index is 0.305. The molecule has 88 valence electrons. The molecular formula is C14H11Br2Cl. The van der Waals surface area contributed by atoms with E-state index in [4.69, 9.17) is 11.6 Å². The van der Waals surface area contributed by atoms with Crippen molar-refractivity contribution in [3.05, 3.63) is 69.2 Å². The van der Waals surface area contributed by atoms with E-state index in [-0.39, 0.29) is 0 Å².